The van der Waals surface area contributed by atoms with Crippen molar-refractivity contribution in [1.29, 1.82) is 0 Å². The average Bonchev–Trinajstić information content (AvgIpc) is 3.91. The van der Waals surface area contributed by atoms with Crippen molar-refractivity contribution in [1.82, 2.24) is 30.2 Å². The first-order chi connectivity index (χ1) is 32.5. The number of aryl methyl sites for hydroxylation is 2. The van der Waals surface area contributed by atoms with Gasteiger partial charge in [-0.3, -0.25) is 19.6 Å². The molecule has 3 aromatic heterocycles. The van der Waals surface area contributed by atoms with E-state index in [0.29, 0.717) is 54.5 Å². The van der Waals surface area contributed by atoms with E-state index in [0.717, 1.165) is 33.5 Å². The van der Waals surface area contributed by atoms with Crippen molar-refractivity contribution in [3.05, 3.63) is 201 Å². The van der Waals surface area contributed by atoms with E-state index in [4.69, 9.17) is 32.7 Å². The molecule has 0 fully saturated rings. The molecule has 9 aromatic rings. The van der Waals surface area contributed by atoms with Crippen LogP contribution in [0, 0.1) is 13.8 Å². The molecule has 3 heterocycles. The number of carbonyl (C=O) groups is 2. The van der Waals surface area contributed by atoms with Crippen molar-refractivity contribution >= 4 is 68.4 Å². The molecule has 0 saturated heterocycles. The highest BCUT2D eigenvalue weighted by atomic mass is 35.5. The van der Waals surface area contributed by atoms with Crippen LogP contribution in [0.4, 0.5) is 0 Å². The number of fused-ring (bicyclic) bond motifs is 2. The van der Waals surface area contributed by atoms with Crippen LogP contribution >= 0.6 is 34.7 Å². The number of hydrogen-bond acceptors (Lipinski definition) is 11. The summed E-state index contributed by atoms with van der Waals surface area (Å²) >= 11 is 14.3. The molecule has 9 rings (SSSR count). The van der Waals surface area contributed by atoms with Gasteiger partial charge in [0.05, 0.1) is 22.1 Å². The van der Waals surface area contributed by atoms with Crippen molar-refractivity contribution in [2.45, 2.75) is 25.9 Å². The Morgan fingerprint density at radius 2 is 1.10 bits per heavy atom. The third kappa shape index (κ3) is 10.9. The van der Waals surface area contributed by atoms with E-state index in [1.807, 2.05) is 98.1 Å². The number of benzene rings is 6. The van der Waals surface area contributed by atoms with Crippen molar-refractivity contribution in [2.75, 3.05) is 13.2 Å². The van der Waals surface area contributed by atoms with Crippen LogP contribution in [0.3, 0.4) is 0 Å². The number of aromatic hydroxyl groups is 2. The van der Waals surface area contributed by atoms with Crippen LogP contribution in [0.5, 0.6) is 23.0 Å². The van der Waals surface area contributed by atoms with Crippen molar-refractivity contribution in [2.24, 2.45) is 0 Å². The quantitative estimate of drug-likeness (QED) is 0.0873. The Labute approximate surface area is 400 Å². The van der Waals surface area contributed by atoms with Gasteiger partial charge in [0.25, 0.3) is 11.8 Å². The van der Waals surface area contributed by atoms with E-state index in [1.54, 1.807) is 73.1 Å². The summed E-state index contributed by atoms with van der Waals surface area (Å²) < 4.78 is 15.1. The van der Waals surface area contributed by atoms with Gasteiger partial charge in [-0.25, -0.2) is 0 Å². The number of halogens is 2. The first kappa shape index (κ1) is 46.0. The lowest BCUT2D eigenvalue weighted by molar-refractivity contribution is -0.124. The first-order valence-electron chi connectivity index (χ1n) is 20.9. The van der Waals surface area contributed by atoms with Gasteiger partial charge in [0.1, 0.15) is 39.7 Å². The zero-order valence-corrected chi connectivity index (χ0v) is 38.4. The van der Waals surface area contributed by atoms with Gasteiger partial charge in [0.2, 0.25) is 0 Å². The Balaban J connectivity index is 0.000000182. The molecule has 6 aromatic carbocycles. The summed E-state index contributed by atoms with van der Waals surface area (Å²) in [5.74, 6) is 0.439. The Hall–Kier alpha value is -7.58. The van der Waals surface area contributed by atoms with Crippen LogP contribution in [0.25, 0.3) is 33.1 Å². The van der Waals surface area contributed by atoms with Gasteiger partial charge in [-0.05, 0) is 108 Å². The predicted octanol–water partition coefficient (Wildman–Crippen LogP) is 10.9. The van der Waals surface area contributed by atoms with Gasteiger partial charge in [-0.15, -0.1) is 5.10 Å². The summed E-state index contributed by atoms with van der Waals surface area (Å²) in [6.07, 6.45) is 3.18. The van der Waals surface area contributed by atoms with Crippen LogP contribution in [-0.2, 0) is 9.59 Å². The fourth-order valence-electron chi connectivity index (χ4n) is 7.35. The highest BCUT2D eigenvalue weighted by Crippen LogP contribution is 2.40. The molecule has 2 atom stereocenters. The van der Waals surface area contributed by atoms with Gasteiger partial charge in [-0.1, -0.05) is 107 Å². The van der Waals surface area contributed by atoms with Gasteiger partial charge in [0.15, 0.2) is 13.2 Å². The molecule has 4 N–H and O–H groups in total. The van der Waals surface area contributed by atoms with E-state index in [9.17, 15) is 19.8 Å². The maximum atomic E-state index is 12.9. The van der Waals surface area contributed by atoms with E-state index in [1.165, 1.54) is 11.5 Å². The van der Waals surface area contributed by atoms with Crippen LogP contribution in [-0.4, -0.2) is 54.8 Å². The minimum atomic E-state index is -0.701. The number of phenolic OH excluding ortho intramolecular Hbond substituents is 2. The second kappa shape index (κ2) is 21.2. The van der Waals surface area contributed by atoms with Crippen LogP contribution < -0.4 is 20.1 Å². The molecular formula is C52H42Cl2N6O6S. The smallest absolute Gasteiger partial charge is 0.258 e. The fourth-order valence-corrected chi connectivity index (χ4v) is 8.36. The van der Waals surface area contributed by atoms with Gasteiger partial charge < -0.3 is 30.3 Å². The lowest BCUT2D eigenvalue weighted by atomic mass is 9.94. The number of aromatic nitrogens is 4. The van der Waals surface area contributed by atoms with E-state index < -0.39 is 12.1 Å². The SMILES string of the molecule is Cc1ccc(C(NC(=O)COc2ccccc2)c2cc(Cl)c3cccnc3c2O)cc1C.O=C(COc1ccccc1)NC(c1ccc(-c2csnn2)cc1)c1cc(Cl)c2cccnc2c1O. The van der Waals surface area contributed by atoms with Crippen LogP contribution in [0.1, 0.15) is 45.5 Å². The molecule has 0 spiro atoms. The van der Waals surface area contributed by atoms with Gasteiger partial charge in [0, 0.05) is 45.2 Å². The standard InChI is InChI=1S/C26H19ClN4O3S.C26H23ClN2O3/c27-21-13-20(26(33)25-19(21)7-4-12-28-25)24(29-23(32)14-34-18-5-2-1-3-6-18)17-10-8-16(9-11-17)22-15-35-31-30-22;1-16-10-11-18(13-17(16)2)24(29-23(30)15-32-19-7-4-3-5-8-19)21-14-22(27)20-9-6-12-28-25(20)26(21)31/h1-13,15,24,33H,14H2,(H,29,32);3-14,24,31H,15H2,1-2H3,(H,29,30). The third-order valence-electron chi connectivity index (χ3n) is 10.9. The number of ether oxygens (including phenoxy) is 2. The number of hydrogen-bond donors (Lipinski definition) is 4. The van der Waals surface area contributed by atoms with Crippen molar-refractivity contribution in [3.8, 4) is 34.3 Å². The summed E-state index contributed by atoms with van der Waals surface area (Å²) in [5, 5.41) is 36.2. The third-order valence-corrected chi connectivity index (χ3v) is 12.0. The Morgan fingerprint density at radius 1 is 0.612 bits per heavy atom. The molecule has 2 unspecified atom stereocenters. The fraction of sp³-hybridized carbons (Fsp3) is 0.115. The molecule has 0 aliphatic heterocycles. The molecule has 0 aliphatic rings. The maximum Gasteiger partial charge on any atom is 0.258 e. The molecule has 2 amide bonds. The zero-order chi connectivity index (χ0) is 46.9. The summed E-state index contributed by atoms with van der Waals surface area (Å²) in [6.45, 7) is 3.68. The number of amides is 2. The Morgan fingerprint density at radius 3 is 1.58 bits per heavy atom. The number of nitrogens with zero attached hydrogens (tertiary/aromatic N) is 4. The van der Waals surface area contributed by atoms with E-state index in [-0.39, 0.29) is 36.5 Å². The molecule has 0 saturated carbocycles. The average molecular weight is 950 g/mol. The number of rotatable bonds is 13. The molecule has 12 nitrogen and oxygen atoms in total. The minimum absolute atomic E-state index is 0.0162. The molecule has 0 radical (unpaired) electrons. The lowest BCUT2D eigenvalue weighted by Crippen LogP contribution is -2.33. The molecular weight excluding hydrogens is 908 g/mol. The Bertz CT molecular complexity index is 3160. The van der Waals surface area contributed by atoms with Crippen molar-refractivity contribution in [3.63, 3.8) is 0 Å². The predicted molar refractivity (Wildman–Crippen MR) is 262 cm³/mol. The number of pyridine rings is 2. The number of nitrogens with one attached hydrogen (secondary N) is 2. The number of para-hydroxylation sites is 2. The second-order valence-corrected chi connectivity index (χ2v) is 16.8. The van der Waals surface area contributed by atoms with Gasteiger partial charge >= 0.3 is 0 Å². The minimum Gasteiger partial charge on any atom is -0.505 e. The summed E-state index contributed by atoms with van der Waals surface area (Å²) in [7, 11) is 0. The lowest BCUT2D eigenvalue weighted by Gasteiger charge is -2.23. The van der Waals surface area contributed by atoms with E-state index in [2.05, 4.69) is 30.2 Å². The van der Waals surface area contributed by atoms with Crippen LogP contribution in [0.15, 0.2) is 157 Å². The molecule has 0 bridgehead atoms. The highest BCUT2D eigenvalue weighted by Gasteiger charge is 2.26. The zero-order valence-electron chi connectivity index (χ0n) is 36.1. The molecule has 0 aliphatic carbocycles. The summed E-state index contributed by atoms with van der Waals surface area (Å²) in [6, 6.07) is 40.7. The first-order valence-corrected chi connectivity index (χ1v) is 22.5. The topological polar surface area (TPSA) is 169 Å². The van der Waals surface area contributed by atoms with Crippen molar-refractivity contribution < 1.29 is 29.3 Å². The highest BCUT2D eigenvalue weighted by molar-refractivity contribution is 7.03. The molecule has 336 valence electrons. The monoisotopic (exact) mass is 948 g/mol. The van der Waals surface area contributed by atoms with Gasteiger partial charge in [-0.2, -0.15) is 0 Å². The largest absolute Gasteiger partial charge is 0.505 e. The van der Waals surface area contributed by atoms with E-state index >= 15 is 0 Å². The Kier molecular flexibility index (Phi) is 14.5. The normalized spacial score (nSPS) is 11.8. The number of phenols is 2. The maximum absolute atomic E-state index is 12.9. The van der Waals surface area contributed by atoms with Crippen LogP contribution in [0.2, 0.25) is 10.0 Å². The molecule has 67 heavy (non-hydrogen) atoms. The number of carbonyl (C=O) groups excluding carboxylic acids is 2. The molecule has 15 heteroatoms. The second-order valence-electron chi connectivity index (χ2n) is 15.4. The summed E-state index contributed by atoms with van der Waals surface area (Å²) in [5.41, 5.74) is 7.07. The summed E-state index contributed by atoms with van der Waals surface area (Å²) in [4.78, 5) is 34.3.